The number of nitrogens with zero attached hydrogens (tertiary/aromatic N) is 3. The van der Waals surface area contributed by atoms with Gasteiger partial charge >= 0.3 is 0 Å². The topological polar surface area (TPSA) is 102 Å². The van der Waals surface area contributed by atoms with Crippen LogP contribution in [0.2, 0.25) is 0 Å². The van der Waals surface area contributed by atoms with Crippen molar-refractivity contribution in [1.82, 2.24) is 25.0 Å². The van der Waals surface area contributed by atoms with Crippen molar-refractivity contribution in [3.63, 3.8) is 0 Å². The Morgan fingerprint density at radius 1 is 1.50 bits per heavy atom. The molecule has 0 aromatic carbocycles. The average molecular weight is 364 g/mol. The van der Waals surface area contributed by atoms with Crippen LogP contribution in [-0.2, 0) is 23.1 Å². The molecular weight excluding hydrogens is 350 g/mol. The molecule has 0 saturated carbocycles. The van der Waals surface area contributed by atoms with Crippen molar-refractivity contribution in [2.24, 2.45) is 0 Å². The van der Waals surface area contributed by atoms with Crippen LogP contribution in [0.1, 0.15) is 5.76 Å². The minimum Gasteiger partial charge on any atom is -0.452 e. The van der Waals surface area contributed by atoms with Gasteiger partial charge in [-0.1, -0.05) is 5.21 Å². The summed E-state index contributed by atoms with van der Waals surface area (Å²) >= 11 is 3.11. The predicted octanol–water partition coefficient (Wildman–Crippen LogP) is 0.331. The number of aromatic nitrogens is 3. The molecule has 0 amide bonds. The largest absolute Gasteiger partial charge is 0.452 e. The van der Waals surface area contributed by atoms with E-state index in [4.69, 9.17) is 4.42 Å². The SMILES string of the molecule is CNCc1cc(S(=O)(=O)NCCn2ccnn2)c(Br)o1. The van der Waals surface area contributed by atoms with Crippen molar-refractivity contribution in [3.8, 4) is 0 Å². The third kappa shape index (κ3) is 3.66. The lowest BCUT2D eigenvalue weighted by molar-refractivity contribution is 0.470. The standard InChI is InChI=1S/C10H14BrN5O3S/c1-12-7-8-6-9(10(11)19-8)20(17,18)14-3-5-16-4-2-13-15-16/h2,4,6,12,14H,3,5,7H2,1H3. The maximum Gasteiger partial charge on any atom is 0.245 e. The van der Waals surface area contributed by atoms with E-state index in [1.54, 1.807) is 17.9 Å². The zero-order valence-electron chi connectivity index (χ0n) is 10.7. The van der Waals surface area contributed by atoms with Gasteiger partial charge in [-0.15, -0.1) is 5.10 Å². The Morgan fingerprint density at radius 2 is 2.30 bits per heavy atom. The molecular formula is C10H14BrN5O3S. The Kier molecular flexibility index (Phi) is 4.91. The summed E-state index contributed by atoms with van der Waals surface area (Å²) in [5.41, 5.74) is 0. The summed E-state index contributed by atoms with van der Waals surface area (Å²) in [6, 6.07) is 1.48. The molecule has 0 atom stereocenters. The lowest BCUT2D eigenvalue weighted by Crippen LogP contribution is -2.27. The first kappa shape index (κ1) is 15.2. The van der Waals surface area contributed by atoms with Crippen LogP contribution in [0.5, 0.6) is 0 Å². The zero-order chi connectivity index (χ0) is 14.6. The summed E-state index contributed by atoms with van der Waals surface area (Å²) in [6.07, 6.45) is 3.19. The Balaban J connectivity index is 2.02. The van der Waals surface area contributed by atoms with E-state index in [0.29, 0.717) is 18.8 Å². The third-order valence-corrected chi connectivity index (χ3v) is 4.77. The molecule has 0 spiro atoms. The lowest BCUT2D eigenvalue weighted by atomic mass is 10.4. The molecule has 2 N–H and O–H groups in total. The number of hydrogen-bond acceptors (Lipinski definition) is 6. The molecule has 2 rings (SSSR count). The molecule has 2 aromatic heterocycles. The minimum atomic E-state index is -3.62. The van der Waals surface area contributed by atoms with Gasteiger partial charge in [0.1, 0.15) is 10.7 Å². The first-order valence-corrected chi connectivity index (χ1v) is 8.07. The molecule has 8 nitrogen and oxygen atoms in total. The molecule has 20 heavy (non-hydrogen) atoms. The molecule has 0 fully saturated rings. The molecule has 110 valence electrons. The van der Waals surface area contributed by atoms with Crippen LogP contribution in [0.4, 0.5) is 0 Å². The van der Waals surface area contributed by atoms with Gasteiger partial charge in [0.05, 0.1) is 19.3 Å². The van der Waals surface area contributed by atoms with Gasteiger partial charge in [0.15, 0.2) is 4.67 Å². The molecule has 10 heteroatoms. The zero-order valence-corrected chi connectivity index (χ0v) is 13.1. The van der Waals surface area contributed by atoms with E-state index >= 15 is 0 Å². The fourth-order valence-electron chi connectivity index (χ4n) is 1.57. The van der Waals surface area contributed by atoms with Crippen LogP contribution in [-0.4, -0.2) is 37.0 Å². The van der Waals surface area contributed by atoms with Gasteiger partial charge in [0.2, 0.25) is 10.0 Å². The highest BCUT2D eigenvalue weighted by Crippen LogP contribution is 2.25. The first-order valence-electron chi connectivity index (χ1n) is 5.79. The Hall–Kier alpha value is -1.23. The molecule has 0 unspecified atom stereocenters. The van der Waals surface area contributed by atoms with E-state index in [0.717, 1.165) is 0 Å². The van der Waals surface area contributed by atoms with Crippen LogP contribution in [0.25, 0.3) is 0 Å². The molecule has 0 bridgehead atoms. The number of sulfonamides is 1. The first-order chi connectivity index (χ1) is 9.53. The summed E-state index contributed by atoms with van der Waals surface area (Å²) in [6.45, 7) is 1.07. The van der Waals surface area contributed by atoms with Crippen molar-refractivity contribution in [2.45, 2.75) is 18.0 Å². The van der Waals surface area contributed by atoms with E-state index in [2.05, 4.69) is 36.3 Å². The highest BCUT2D eigenvalue weighted by atomic mass is 79.9. The van der Waals surface area contributed by atoms with Gasteiger partial charge in [-0.25, -0.2) is 13.1 Å². The van der Waals surface area contributed by atoms with Crippen molar-refractivity contribution in [1.29, 1.82) is 0 Å². The van der Waals surface area contributed by atoms with E-state index in [1.807, 2.05) is 0 Å². The molecule has 0 aliphatic carbocycles. The van der Waals surface area contributed by atoms with Gasteiger partial charge in [-0.3, -0.25) is 4.68 Å². The van der Waals surface area contributed by atoms with Crippen LogP contribution in [0, 0.1) is 0 Å². The maximum atomic E-state index is 12.1. The molecule has 2 heterocycles. The highest BCUT2D eigenvalue weighted by molar-refractivity contribution is 9.10. The summed E-state index contributed by atoms with van der Waals surface area (Å²) in [4.78, 5) is 0.0846. The van der Waals surface area contributed by atoms with Gasteiger partial charge in [-0.05, 0) is 23.0 Å². The highest BCUT2D eigenvalue weighted by Gasteiger charge is 2.21. The number of hydrogen-bond donors (Lipinski definition) is 2. The summed E-state index contributed by atoms with van der Waals surface area (Å²) in [5.74, 6) is 0.538. The maximum absolute atomic E-state index is 12.1. The second-order valence-corrected chi connectivity index (χ2v) is 6.40. The van der Waals surface area contributed by atoms with Gasteiger partial charge in [0.25, 0.3) is 0 Å². The lowest BCUT2D eigenvalue weighted by Gasteiger charge is -2.04. The van der Waals surface area contributed by atoms with E-state index in [9.17, 15) is 8.42 Å². The molecule has 0 aliphatic heterocycles. The van der Waals surface area contributed by atoms with Crippen LogP contribution in [0.15, 0.2) is 32.4 Å². The fourth-order valence-corrected chi connectivity index (χ4v) is 3.58. The van der Waals surface area contributed by atoms with E-state index in [-0.39, 0.29) is 16.1 Å². The Bertz CT molecular complexity index is 652. The smallest absolute Gasteiger partial charge is 0.245 e. The fraction of sp³-hybridized carbons (Fsp3) is 0.400. The Labute approximate surface area is 124 Å². The number of halogens is 1. The average Bonchev–Trinajstić information content (AvgIpc) is 2.99. The Morgan fingerprint density at radius 3 is 2.95 bits per heavy atom. The van der Waals surface area contributed by atoms with Crippen molar-refractivity contribution < 1.29 is 12.8 Å². The van der Waals surface area contributed by atoms with Gasteiger partial charge in [-0.2, -0.15) is 0 Å². The molecule has 0 saturated heterocycles. The third-order valence-electron chi connectivity index (χ3n) is 2.45. The van der Waals surface area contributed by atoms with E-state index in [1.165, 1.54) is 12.3 Å². The van der Waals surface area contributed by atoms with Crippen molar-refractivity contribution in [3.05, 3.63) is 28.9 Å². The monoisotopic (exact) mass is 363 g/mol. The number of furan rings is 1. The van der Waals surface area contributed by atoms with E-state index < -0.39 is 10.0 Å². The van der Waals surface area contributed by atoms with Crippen molar-refractivity contribution >= 4 is 26.0 Å². The van der Waals surface area contributed by atoms with Crippen LogP contribution >= 0.6 is 15.9 Å². The van der Waals surface area contributed by atoms with Gasteiger partial charge < -0.3 is 9.73 Å². The predicted molar refractivity (Wildman–Crippen MR) is 74.4 cm³/mol. The van der Waals surface area contributed by atoms with Crippen LogP contribution < -0.4 is 10.0 Å². The minimum absolute atomic E-state index is 0.0846. The molecule has 0 aliphatic rings. The quantitative estimate of drug-likeness (QED) is 0.734. The van der Waals surface area contributed by atoms with Crippen molar-refractivity contribution in [2.75, 3.05) is 13.6 Å². The second kappa shape index (κ2) is 6.48. The number of nitrogens with one attached hydrogen (secondary N) is 2. The number of rotatable bonds is 7. The summed E-state index contributed by atoms with van der Waals surface area (Å²) < 4.78 is 33.8. The summed E-state index contributed by atoms with van der Waals surface area (Å²) in [7, 11) is -1.87. The summed E-state index contributed by atoms with van der Waals surface area (Å²) in [5, 5.41) is 10.3. The van der Waals surface area contributed by atoms with Crippen LogP contribution in [0.3, 0.4) is 0 Å². The molecule has 2 aromatic rings. The normalized spacial score (nSPS) is 11.9. The second-order valence-electron chi connectivity index (χ2n) is 3.94. The van der Waals surface area contributed by atoms with Gasteiger partial charge in [0, 0.05) is 18.8 Å². The molecule has 0 radical (unpaired) electrons.